The third-order valence-corrected chi connectivity index (χ3v) is 3.39. The lowest BCUT2D eigenvalue weighted by molar-refractivity contribution is 0.721. The second kappa shape index (κ2) is 4.53. The van der Waals surface area contributed by atoms with Gasteiger partial charge in [-0.05, 0) is 21.8 Å². The first-order chi connectivity index (χ1) is 6.43. The van der Waals surface area contributed by atoms with Gasteiger partial charge < -0.3 is 4.98 Å². The van der Waals surface area contributed by atoms with Gasteiger partial charge in [0.25, 0.3) is 0 Å². The van der Waals surface area contributed by atoms with Gasteiger partial charge in [-0.1, -0.05) is 39.9 Å². The average molecular weight is 275 g/mol. The van der Waals surface area contributed by atoms with Crippen LogP contribution in [0.5, 0.6) is 0 Å². The number of hydrogen-bond acceptors (Lipinski definition) is 2. The van der Waals surface area contributed by atoms with Gasteiger partial charge in [-0.3, -0.25) is 0 Å². The van der Waals surface area contributed by atoms with Crippen LogP contribution in [0.25, 0.3) is 0 Å². The molecule has 1 heterocycles. The number of nitrogens with zero attached hydrogens (tertiary/aromatic N) is 1. The number of nitrogens with one attached hydrogen (secondary N) is 1. The van der Waals surface area contributed by atoms with Crippen molar-refractivity contribution in [1.29, 1.82) is 0 Å². The van der Waals surface area contributed by atoms with Crippen LogP contribution in [0.2, 0.25) is 0 Å². The zero-order valence-corrected chi connectivity index (χ0v) is 11.3. The van der Waals surface area contributed by atoms with Crippen LogP contribution < -0.4 is 0 Å². The maximum Gasteiger partial charge on any atom is 0.144 e. The van der Waals surface area contributed by atoms with Gasteiger partial charge in [0.1, 0.15) is 10.5 Å². The van der Waals surface area contributed by atoms with Crippen molar-refractivity contribution < 1.29 is 0 Å². The summed E-state index contributed by atoms with van der Waals surface area (Å²) in [5, 5.41) is 0. The van der Waals surface area contributed by atoms with Gasteiger partial charge in [0, 0.05) is 11.6 Å². The molecule has 0 saturated carbocycles. The summed E-state index contributed by atoms with van der Waals surface area (Å²) in [4.78, 5) is 7.66. The van der Waals surface area contributed by atoms with Gasteiger partial charge in [0.15, 0.2) is 0 Å². The van der Waals surface area contributed by atoms with Gasteiger partial charge in [0.2, 0.25) is 0 Å². The van der Waals surface area contributed by atoms with Crippen molar-refractivity contribution in [2.45, 2.75) is 39.5 Å². The van der Waals surface area contributed by atoms with E-state index in [1.165, 1.54) is 0 Å². The van der Waals surface area contributed by atoms with Gasteiger partial charge in [-0.15, -0.1) is 0 Å². The minimum atomic E-state index is 0.377. The maximum atomic E-state index is 5.19. The second-order valence-electron chi connectivity index (χ2n) is 3.96. The van der Waals surface area contributed by atoms with Gasteiger partial charge in [-0.2, -0.15) is 0 Å². The minimum Gasteiger partial charge on any atom is -0.346 e. The molecule has 0 bridgehead atoms. The summed E-state index contributed by atoms with van der Waals surface area (Å²) < 4.78 is 1.57. The zero-order valence-electron chi connectivity index (χ0n) is 8.89. The lowest BCUT2D eigenvalue weighted by Gasteiger charge is -2.12. The largest absolute Gasteiger partial charge is 0.346 e. The number of aromatic nitrogens is 2. The van der Waals surface area contributed by atoms with Crippen molar-refractivity contribution in [3.8, 4) is 0 Å². The number of hydrogen-bond donors (Lipinski definition) is 1. The molecule has 0 spiro atoms. The van der Waals surface area contributed by atoms with Crippen LogP contribution in [0.3, 0.4) is 0 Å². The van der Waals surface area contributed by atoms with Crippen molar-refractivity contribution in [2.24, 2.45) is 0 Å². The number of rotatable bonds is 2. The van der Waals surface area contributed by atoms with Crippen LogP contribution in [-0.2, 0) is 0 Å². The molecule has 0 radical (unpaired) electrons. The molecule has 2 nitrogen and oxygen atoms in total. The molecule has 4 heteroatoms. The fraction of sp³-hybridized carbons (Fsp3) is 0.600. The normalized spacial score (nSPS) is 11.4. The van der Waals surface area contributed by atoms with Crippen LogP contribution in [0.15, 0.2) is 4.47 Å². The Labute approximate surface area is 98.3 Å². The quantitative estimate of drug-likeness (QED) is 0.821. The van der Waals surface area contributed by atoms with Crippen LogP contribution in [0, 0.1) is 4.64 Å². The van der Waals surface area contributed by atoms with Gasteiger partial charge >= 0.3 is 0 Å². The summed E-state index contributed by atoms with van der Waals surface area (Å²) in [6, 6.07) is 0. The van der Waals surface area contributed by atoms with Gasteiger partial charge in [-0.25, -0.2) is 4.98 Å². The summed E-state index contributed by atoms with van der Waals surface area (Å²) in [5.41, 5.74) is 1.13. The summed E-state index contributed by atoms with van der Waals surface area (Å²) in [6.07, 6.45) is 0. The minimum absolute atomic E-state index is 0.377. The smallest absolute Gasteiger partial charge is 0.144 e. The first-order valence-corrected chi connectivity index (χ1v) is 5.93. The molecule has 0 aliphatic heterocycles. The molecule has 1 aromatic rings. The summed E-state index contributed by atoms with van der Waals surface area (Å²) in [5.74, 6) is 1.76. The Kier molecular flexibility index (Phi) is 3.84. The highest BCUT2D eigenvalue weighted by molar-refractivity contribution is 9.10. The van der Waals surface area contributed by atoms with Crippen molar-refractivity contribution >= 4 is 28.1 Å². The van der Waals surface area contributed by atoms with Crippen LogP contribution in [0.4, 0.5) is 0 Å². The molecule has 1 rings (SSSR count). The molecular weight excluding hydrogens is 260 g/mol. The van der Waals surface area contributed by atoms with Crippen molar-refractivity contribution in [2.75, 3.05) is 0 Å². The Balaban J connectivity index is 3.36. The highest BCUT2D eigenvalue weighted by Gasteiger charge is 2.11. The summed E-state index contributed by atoms with van der Waals surface area (Å²) in [6.45, 7) is 8.47. The monoisotopic (exact) mass is 274 g/mol. The number of halogens is 1. The molecule has 0 aliphatic carbocycles. The van der Waals surface area contributed by atoms with E-state index in [-0.39, 0.29) is 0 Å². The van der Waals surface area contributed by atoms with E-state index in [1.54, 1.807) is 0 Å². The Morgan fingerprint density at radius 3 is 2.21 bits per heavy atom. The Morgan fingerprint density at radius 2 is 1.79 bits per heavy atom. The lowest BCUT2D eigenvalue weighted by Crippen LogP contribution is -2.04. The average Bonchev–Trinajstić information content (AvgIpc) is 2.08. The molecule has 1 aromatic heterocycles. The van der Waals surface area contributed by atoms with Crippen LogP contribution >= 0.6 is 28.1 Å². The first kappa shape index (κ1) is 11.9. The second-order valence-corrected chi connectivity index (χ2v) is 5.14. The fourth-order valence-corrected chi connectivity index (χ4v) is 2.02. The van der Waals surface area contributed by atoms with Gasteiger partial charge in [0.05, 0.1) is 4.47 Å². The van der Waals surface area contributed by atoms with Crippen LogP contribution in [0.1, 0.15) is 51.0 Å². The highest BCUT2D eigenvalue weighted by Crippen LogP contribution is 2.24. The molecular formula is C10H15BrN2S. The SMILES string of the molecule is CC(C)c1nc(=S)c(Br)c(C(C)C)[nH]1. The van der Waals surface area contributed by atoms with Crippen molar-refractivity contribution in [3.63, 3.8) is 0 Å². The van der Waals surface area contributed by atoms with E-state index >= 15 is 0 Å². The summed E-state index contributed by atoms with van der Waals surface area (Å²) >= 11 is 8.65. The summed E-state index contributed by atoms with van der Waals surface area (Å²) in [7, 11) is 0. The molecule has 0 aliphatic rings. The number of aromatic amines is 1. The molecule has 14 heavy (non-hydrogen) atoms. The fourth-order valence-electron chi connectivity index (χ4n) is 1.17. The Hall–Kier alpha value is -0.220. The van der Waals surface area contributed by atoms with E-state index in [2.05, 4.69) is 53.6 Å². The lowest BCUT2D eigenvalue weighted by atomic mass is 10.1. The Morgan fingerprint density at radius 1 is 1.21 bits per heavy atom. The molecule has 0 amide bonds. The molecule has 78 valence electrons. The van der Waals surface area contributed by atoms with E-state index in [4.69, 9.17) is 12.2 Å². The molecule has 0 aromatic carbocycles. The third-order valence-electron chi connectivity index (χ3n) is 2.03. The van der Waals surface area contributed by atoms with Crippen LogP contribution in [-0.4, -0.2) is 9.97 Å². The predicted octanol–water partition coefficient (Wildman–Crippen LogP) is 4.15. The van der Waals surface area contributed by atoms with Crippen molar-refractivity contribution in [3.05, 3.63) is 20.6 Å². The molecule has 0 fully saturated rings. The zero-order chi connectivity index (χ0) is 10.9. The van der Waals surface area contributed by atoms with Crippen molar-refractivity contribution in [1.82, 2.24) is 9.97 Å². The molecule has 1 N–H and O–H groups in total. The molecule has 0 atom stereocenters. The van der Waals surface area contributed by atoms with E-state index in [0.717, 1.165) is 16.0 Å². The van der Waals surface area contributed by atoms with E-state index in [0.29, 0.717) is 16.5 Å². The predicted molar refractivity (Wildman–Crippen MR) is 65.3 cm³/mol. The topological polar surface area (TPSA) is 28.7 Å². The van der Waals surface area contributed by atoms with E-state index < -0.39 is 0 Å². The maximum absolute atomic E-state index is 5.19. The number of H-pyrrole nitrogens is 1. The standard InChI is InChI=1S/C10H15BrN2S/c1-5(2)8-7(11)10(14)13-9(12-8)6(3)4/h5-6H,1-4H3,(H,12,13,14). The highest BCUT2D eigenvalue weighted by atomic mass is 79.9. The third kappa shape index (κ3) is 2.42. The molecule has 0 saturated heterocycles. The molecule has 0 unspecified atom stereocenters. The van der Waals surface area contributed by atoms with E-state index in [1.807, 2.05) is 0 Å². The first-order valence-electron chi connectivity index (χ1n) is 4.73. The Bertz CT molecular complexity index is 382. The van der Waals surface area contributed by atoms with E-state index in [9.17, 15) is 0 Å².